The van der Waals surface area contributed by atoms with Gasteiger partial charge in [-0.1, -0.05) is 29.8 Å². The number of pyridine rings is 1. The van der Waals surface area contributed by atoms with Crippen LogP contribution in [0.15, 0.2) is 53.7 Å². The predicted octanol–water partition coefficient (Wildman–Crippen LogP) is 2.21. The lowest BCUT2D eigenvalue weighted by atomic mass is 10.2. The van der Waals surface area contributed by atoms with E-state index in [0.29, 0.717) is 5.02 Å². The summed E-state index contributed by atoms with van der Waals surface area (Å²) in [7, 11) is -3.55. The van der Waals surface area contributed by atoms with E-state index < -0.39 is 10.0 Å². The highest BCUT2D eigenvalue weighted by atomic mass is 35.5. The predicted molar refractivity (Wildman–Crippen MR) is 69.7 cm³/mol. The number of hydrogen-bond acceptors (Lipinski definition) is 3. The van der Waals surface area contributed by atoms with E-state index in [1.165, 1.54) is 18.5 Å². The Morgan fingerprint density at radius 3 is 2.61 bits per heavy atom. The molecule has 0 amide bonds. The van der Waals surface area contributed by atoms with Crippen LogP contribution < -0.4 is 4.72 Å². The maximum Gasteiger partial charge on any atom is 0.242 e. The Balaban J connectivity index is 2.14. The second kappa shape index (κ2) is 5.48. The fraction of sp³-hybridized carbons (Fsp3) is 0.0833. The van der Waals surface area contributed by atoms with Gasteiger partial charge in [-0.2, -0.15) is 0 Å². The maximum absolute atomic E-state index is 11.9. The molecule has 2 rings (SSSR count). The largest absolute Gasteiger partial charge is 0.263 e. The minimum Gasteiger partial charge on any atom is -0.263 e. The van der Waals surface area contributed by atoms with Crippen molar-refractivity contribution >= 4 is 21.6 Å². The molecule has 2 aromatic rings. The zero-order chi connectivity index (χ0) is 13.0. The molecule has 0 unspecified atom stereocenters. The van der Waals surface area contributed by atoms with Crippen molar-refractivity contribution in [2.75, 3.05) is 0 Å². The molecule has 1 heterocycles. The van der Waals surface area contributed by atoms with Gasteiger partial charge in [0.2, 0.25) is 10.0 Å². The molecule has 0 radical (unpaired) electrons. The van der Waals surface area contributed by atoms with Crippen molar-refractivity contribution in [1.82, 2.24) is 9.71 Å². The van der Waals surface area contributed by atoms with Gasteiger partial charge in [-0.15, -0.1) is 0 Å². The first-order valence-corrected chi connectivity index (χ1v) is 7.09. The zero-order valence-corrected chi connectivity index (χ0v) is 10.9. The first kappa shape index (κ1) is 13.0. The number of nitrogens with zero attached hydrogens (tertiary/aromatic N) is 1. The van der Waals surface area contributed by atoms with E-state index in [9.17, 15) is 8.42 Å². The molecule has 1 N–H and O–H groups in total. The Hall–Kier alpha value is -1.43. The van der Waals surface area contributed by atoms with E-state index in [1.54, 1.807) is 30.3 Å². The topological polar surface area (TPSA) is 59.1 Å². The summed E-state index contributed by atoms with van der Waals surface area (Å²) in [5.74, 6) is 0. The number of rotatable bonds is 4. The summed E-state index contributed by atoms with van der Waals surface area (Å²) >= 11 is 5.95. The molecule has 1 aromatic carbocycles. The molecule has 6 heteroatoms. The van der Waals surface area contributed by atoms with Gasteiger partial charge in [0, 0.05) is 24.0 Å². The first-order chi connectivity index (χ1) is 8.59. The second-order valence-electron chi connectivity index (χ2n) is 3.60. The van der Waals surface area contributed by atoms with Crippen molar-refractivity contribution in [3.8, 4) is 0 Å². The number of benzene rings is 1. The molecule has 0 fully saturated rings. The summed E-state index contributed by atoms with van der Waals surface area (Å²) in [5, 5.41) is 0.534. The van der Waals surface area contributed by atoms with E-state index in [2.05, 4.69) is 9.71 Å². The van der Waals surface area contributed by atoms with Crippen molar-refractivity contribution < 1.29 is 8.42 Å². The molecular weight excluding hydrogens is 272 g/mol. The first-order valence-electron chi connectivity index (χ1n) is 5.23. The van der Waals surface area contributed by atoms with Crippen molar-refractivity contribution in [2.45, 2.75) is 11.4 Å². The molecule has 94 valence electrons. The Kier molecular flexibility index (Phi) is 3.96. The molecule has 1 aromatic heterocycles. The van der Waals surface area contributed by atoms with Crippen molar-refractivity contribution in [3.05, 3.63) is 59.4 Å². The quantitative estimate of drug-likeness (QED) is 0.935. The van der Waals surface area contributed by atoms with Gasteiger partial charge in [-0.05, 0) is 23.8 Å². The summed E-state index contributed by atoms with van der Waals surface area (Å²) in [6.45, 7) is 0.150. The van der Waals surface area contributed by atoms with Gasteiger partial charge in [-0.3, -0.25) is 4.98 Å². The van der Waals surface area contributed by atoms with Crippen LogP contribution in [0.1, 0.15) is 5.56 Å². The summed E-state index contributed by atoms with van der Waals surface area (Å²) in [6.07, 6.45) is 2.82. The highest BCUT2D eigenvalue weighted by molar-refractivity contribution is 7.89. The minimum atomic E-state index is -3.55. The molecule has 0 atom stereocenters. The third kappa shape index (κ3) is 3.07. The highest BCUT2D eigenvalue weighted by Gasteiger charge is 2.13. The summed E-state index contributed by atoms with van der Waals surface area (Å²) in [6, 6.07) is 10.1. The Bertz CT molecular complexity index is 630. The smallest absolute Gasteiger partial charge is 0.242 e. The lowest BCUT2D eigenvalue weighted by molar-refractivity contribution is 0.581. The van der Waals surface area contributed by atoms with Crippen molar-refractivity contribution in [1.29, 1.82) is 0 Å². The molecule has 0 aliphatic heterocycles. The Morgan fingerprint density at radius 2 is 1.94 bits per heavy atom. The van der Waals surface area contributed by atoms with Crippen LogP contribution in [0.25, 0.3) is 0 Å². The van der Waals surface area contributed by atoms with Crippen LogP contribution in [0, 0.1) is 0 Å². The van der Waals surface area contributed by atoms with E-state index in [1.807, 2.05) is 0 Å². The Morgan fingerprint density at radius 1 is 1.17 bits per heavy atom. The number of nitrogens with one attached hydrogen (secondary N) is 1. The standard InChI is InChI=1S/C12H11ClN2O2S/c13-12-6-2-1-4-10(12)8-15-18(16,17)11-5-3-7-14-9-11/h1-7,9,15H,8H2. The van der Waals surface area contributed by atoms with Crippen LogP contribution >= 0.6 is 11.6 Å². The lowest BCUT2D eigenvalue weighted by Crippen LogP contribution is -2.23. The molecule has 0 aliphatic rings. The SMILES string of the molecule is O=S(=O)(NCc1ccccc1Cl)c1cccnc1. The zero-order valence-electron chi connectivity index (χ0n) is 9.38. The molecule has 0 bridgehead atoms. The van der Waals surface area contributed by atoms with E-state index in [4.69, 9.17) is 11.6 Å². The summed E-state index contributed by atoms with van der Waals surface area (Å²) in [4.78, 5) is 3.91. The van der Waals surface area contributed by atoms with E-state index in [-0.39, 0.29) is 11.4 Å². The molecule has 0 spiro atoms. The number of aromatic nitrogens is 1. The van der Waals surface area contributed by atoms with Gasteiger partial charge < -0.3 is 0 Å². The third-order valence-corrected chi connectivity index (χ3v) is 4.11. The normalized spacial score (nSPS) is 11.4. The van der Waals surface area contributed by atoms with Crippen molar-refractivity contribution in [3.63, 3.8) is 0 Å². The van der Waals surface area contributed by atoms with Crippen LogP contribution in [-0.2, 0) is 16.6 Å². The second-order valence-corrected chi connectivity index (χ2v) is 5.78. The monoisotopic (exact) mass is 282 g/mol. The number of hydrogen-bond donors (Lipinski definition) is 1. The van der Waals surface area contributed by atoms with Gasteiger partial charge in [-0.25, -0.2) is 13.1 Å². The van der Waals surface area contributed by atoms with E-state index >= 15 is 0 Å². The van der Waals surface area contributed by atoms with Gasteiger partial charge in [0.1, 0.15) is 4.90 Å². The van der Waals surface area contributed by atoms with Gasteiger partial charge in [0.25, 0.3) is 0 Å². The molecule has 18 heavy (non-hydrogen) atoms. The average Bonchev–Trinajstić information content (AvgIpc) is 2.39. The Labute approximate surface area is 111 Å². The highest BCUT2D eigenvalue weighted by Crippen LogP contribution is 2.15. The molecule has 0 saturated heterocycles. The van der Waals surface area contributed by atoms with Gasteiger partial charge >= 0.3 is 0 Å². The summed E-state index contributed by atoms with van der Waals surface area (Å²) < 4.78 is 26.3. The van der Waals surface area contributed by atoms with Crippen LogP contribution in [0.3, 0.4) is 0 Å². The molecular formula is C12H11ClN2O2S. The van der Waals surface area contributed by atoms with Crippen LogP contribution in [0.4, 0.5) is 0 Å². The molecule has 0 saturated carbocycles. The fourth-order valence-corrected chi connectivity index (χ4v) is 2.58. The van der Waals surface area contributed by atoms with E-state index in [0.717, 1.165) is 5.56 Å². The van der Waals surface area contributed by atoms with Crippen LogP contribution in [-0.4, -0.2) is 13.4 Å². The number of halogens is 1. The third-order valence-electron chi connectivity index (χ3n) is 2.36. The lowest BCUT2D eigenvalue weighted by Gasteiger charge is -2.07. The maximum atomic E-state index is 11.9. The minimum absolute atomic E-state index is 0.136. The van der Waals surface area contributed by atoms with Crippen LogP contribution in [0.2, 0.25) is 5.02 Å². The molecule has 0 aliphatic carbocycles. The van der Waals surface area contributed by atoms with Crippen LogP contribution in [0.5, 0.6) is 0 Å². The summed E-state index contributed by atoms with van der Waals surface area (Å²) in [5.41, 5.74) is 0.728. The number of sulfonamides is 1. The van der Waals surface area contributed by atoms with Gasteiger partial charge in [0.15, 0.2) is 0 Å². The van der Waals surface area contributed by atoms with Crippen molar-refractivity contribution in [2.24, 2.45) is 0 Å². The average molecular weight is 283 g/mol. The fourth-order valence-electron chi connectivity index (χ4n) is 1.40. The van der Waals surface area contributed by atoms with Gasteiger partial charge in [0.05, 0.1) is 0 Å². The molecule has 4 nitrogen and oxygen atoms in total.